The number of ether oxygens (including phenoxy) is 1. The fraction of sp³-hybridized carbons (Fsp3) is 0.118. The quantitative estimate of drug-likeness (QED) is 0.792. The molecule has 0 saturated carbocycles. The predicted molar refractivity (Wildman–Crippen MR) is 83.6 cm³/mol. The van der Waals surface area contributed by atoms with Crippen LogP contribution in [0, 0.1) is 0 Å². The Kier molecular flexibility index (Phi) is 4.04. The minimum atomic E-state index is -0.748. The van der Waals surface area contributed by atoms with Gasteiger partial charge in [-0.25, -0.2) is 0 Å². The summed E-state index contributed by atoms with van der Waals surface area (Å²) in [5, 5.41) is 12.9. The second-order valence-electron chi connectivity index (χ2n) is 4.73. The maximum absolute atomic E-state index is 10.4. The molecule has 0 spiro atoms. The largest absolute Gasteiger partial charge is 0.490 e. The molecule has 0 bridgehead atoms. The number of benzene rings is 2. The van der Waals surface area contributed by atoms with Gasteiger partial charge in [0.15, 0.2) is 0 Å². The van der Waals surface area contributed by atoms with E-state index in [2.05, 4.69) is 4.98 Å². The Morgan fingerprint density at radius 2 is 1.95 bits per heavy atom. The lowest BCUT2D eigenvalue weighted by Gasteiger charge is -2.14. The molecule has 0 amide bonds. The number of rotatable bonds is 4. The van der Waals surface area contributed by atoms with Crippen LogP contribution in [0.4, 0.5) is 0 Å². The molecule has 0 aliphatic rings. The third kappa shape index (κ3) is 3.15. The van der Waals surface area contributed by atoms with Gasteiger partial charge in [0.1, 0.15) is 18.5 Å². The van der Waals surface area contributed by atoms with Crippen LogP contribution in [0.5, 0.6) is 5.75 Å². The zero-order chi connectivity index (χ0) is 14.7. The Morgan fingerprint density at radius 3 is 2.81 bits per heavy atom. The van der Waals surface area contributed by atoms with Crippen LogP contribution in [-0.2, 0) is 0 Å². The van der Waals surface area contributed by atoms with E-state index < -0.39 is 6.10 Å². The molecule has 3 nitrogen and oxygen atoms in total. The molecule has 1 aromatic heterocycles. The van der Waals surface area contributed by atoms with Crippen molar-refractivity contribution in [1.82, 2.24) is 4.98 Å². The third-order valence-electron chi connectivity index (χ3n) is 3.26. The molecule has 3 rings (SSSR count). The van der Waals surface area contributed by atoms with Gasteiger partial charge >= 0.3 is 0 Å². The molecular formula is C17H14ClNO2. The standard InChI is InChI=1S/C17H14ClNO2/c18-13-5-3-6-14(8-13)21-11-17(20)16-10-19-9-12-4-1-2-7-15(12)16/h1-10,17,20H,11H2. The number of hydrogen-bond acceptors (Lipinski definition) is 3. The molecule has 0 aliphatic heterocycles. The maximum Gasteiger partial charge on any atom is 0.120 e. The van der Waals surface area contributed by atoms with Crippen LogP contribution in [0.1, 0.15) is 11.7 Å². The number of fused-ring (bicyclic) bond motifs is 1. The van der Waals surface area contributed by atoms with E-state index in [1.54, 1.807) is 30.6 Å². The summed E-state index contributed by atoms with van der Waals surface area (Å²) in [5.41, 5.74) is 0.759. The molecule has 1 heterocycles. The van der Waals surface area contributed by atoms with Gasteiger partial charge in [0.05, 0.1) is 0 Å². The highest BCUT2D eigenvalue weighted by atomic mass is 35.5. The number of aliphatic hydroxyl groups is 1. The van der Waals surface area contributed by atoms with Gasteiger partial charge in [-0.05, 0) is 23.6 Å². The van der Waals surface area contributed by atoms with Gasteiger partial charge < -0.3 is 9.84 Å². The van der Waals surface area contributed by atoms with Gasteiger partial charge in [0.25, 0.3) is 0 Å². The van der Waals surface area contributed by atoms with E-state index in [4.69, 9.17) is 16.3 Å². The molecule has 1 unspecified atom stereocenters. The molecule has 106 valence electrons. The first kappa shape index (κ1) is 13.9. The summed E-state index contributed by atoms with van der Waals surface area (Å²) in [7, 11) is 0. The third-order valence-corrected chi connectivity index (χ3v) is 3.50. The van der Waals surface area contributed by atoms with E-state index in [-0.39, 0.29) is 6.61 Å². The van der Waals surface area contributed by atoms with Crippen molar-refractivity contribution in [2.75, 3.05) is 6.61 Å². The summed E-state index contributed by atoms with van der Waals surface area (Å²) in [6.45, 7) is 0.149. The summed E-state index contributed by atoms with van der Waals surface area (Å²) < 4.78 is 5.59. The number of aromatic nitrogens is 1. The normalized spacial score (nSPS) is 12.3. The van der Waals surface area contributed by atoms with Crippen molar-refractivity contribution in [3.05, 3.63) is 71.5 Å². The van der Waals surface area contributed by atoms with Crippen LogP contribution in [0.2, 0.25) is 5.02 Å². The monoisotopic (exact) mass is 299 g/mol. The van der Waals surface area contributed by atoms with Crippen LogP contribution >= 0.6 is 11.6 Å². The number of aliphatic hydroxyl groups excluding tert-OH is 1. The van der Waals surface area contributed by atoms with Gasteiger partial charge in [-0.1, -0.05) is 41.9 Å². The fourth-order valence-corrected chi connectivity index (χ4v) is 2.41. The van der Waals surface area contributed by atoms with Crippen molar-refractivity contribution >= 4 is 22.4 Å². The molecule has 3 aromatic rings. The lowest BCUT2D eigenvalue weighted by Crippen LogP contribution is -2.10. The van der Waals surface area contributed by atoms with Crippen LogP contribution < -0.4 is 4.74 Å². The summed E-state index contributed by atoms with van der Waals surface area (Å²) in [5.74, 6) is 0.634. The van der Waals surface area contributed by atoms with Gasteiger partial charge in [0.2, 0.25) is 0 Å². The Balaban J connectivity index is 1.79. The molecular weight excluding hydrogens is 286 g/mol. The van der Waals surface area contributed by atoms with E-state index in [0.717, 1.165) is 16.3 Å². The van der Waals surface area contributed by atoms with Gasteiger partial charge in [-0.3, -0.25) is 4.98 Å². The number of nitrogens with zero attached hydrogens (tertiary/aromatic N) is 1. The van der Waals surface area contributed by atoms with Crippen LogP contribution in [-0.4, -0.2) is 16.7 Å². The Bertz CT molecular complexity index is 755. The minimum absolute atomic E-state index is 0.149. The SMILES string of the molecule is OC(COc1cccc(Cl)c1)c1cncc2ccccc12. The summed E-state index contributed by atoms with van der Waals surface area (Å²) in [6, 6.07) is 14.9. The van der Waals surface area contributed by atoms with Crippen molar-refractivity contribution < 1.29 is 9.84 Å². The van der Waals surface area contributed by atoms with Crippen molar-refractivity contribution in [3.63, 3.8) is 0 Å². The van der Waals surface area contributed by atoms with E-state index in [0.29, 0.717) is 10.8 Å². The molecule has 21 heavy (non-hydrogen) atoms. The first-order valence-electron chi connectivity index (χ1n) is 6.63. The van der Waals surface area contributed by atoms with Crippen molar-refractivity contribution in [3.8, 4) is 5.75 Å². The number of hydrogen-bond donors (Lipinski definition) is 1. The molecule has 2 aromatic carbocycles. The second-order valence-corrected chi connectivity index (χ2v) is 5.17. The van der Waals surface area contributed by atoms with Crippen LogP contribution in [0.3, 0.4) is 0 Å². The van der Waals surface area contributed by atoms with E-state index in [1.807, 2.05) is 30.3 Å². The molecule has 0 saturated heterocycles. The zero-order valence-electron chi connectivity index (χ0n) is 11.2. The predicted octanol–water partition coefficient (Wildman–Crippen LogP) is 4.00. The average Bonchev–Trinajstić information content (AvgIpc) is 2.52. The molecule has 1 atom stereocenters. The second kappa shape index (κ2) is 6.12. The molecule has 0 aliphatic carbocycles. The van der Waals surface area contributed by atoms with Crippen molar-refractivity contribution in [2.24, 2.45) is 0 Å². The fourth-order valence-electron chi connectivity index (χ4n) is 2.23. The molecule has 1 N–H and O–H groups in total. The van der Waals surface area contributed by atoms with Crippen molar-refractivity contribution in [1.29, 1.82) is 0 Å². The van der Waals surface area contributed by atoms with Crippen molar-refractivity contribution in [2.45, 2.75) is 6.10 Å². The van der Waals surface area contributed by atoms with Crippen LogP contribution in [0.15, 0.2) is 60.9 Å². The van der Waals surface area contributed by atoms with Gasteiger partial charge in [-0.15, -0.1) is 0 Å². The average molecular weight is 300 g/mol. The highest BCUT2D eigenvalue weighted by Gasteiger charge is 2.12. The summed E-state index contributed by atoms with van der Waals surface area (Å²) >= 11 is 5.90. The minimum Gasteiger partial charge on any atom is -0.490 e. The molecule has 0 radical (unpaired) electrons. The van der Waals surface area contributed by atoms with E-state index in [9.17, 15) is 5.11 Å². The van der Waals surface area contributed by atoms with Gasteiger partial charge in [-0.2, -0.15) is 0 Å². The summed E-state index contributed by atoms with van der Waals surface area (Å²) in [6.07, 6.45) is 2.71. The van der Waals surface area contributed by atoms with Crippen LogP contribution in [0.25, 0.3) is 10.8 Å². The number of pyridine rings is 1. The zero-order valence-corrected chi connectivity index (χ0v) is 12.0. The Morgan fingerprint density at radius 1 is 1.10 bits per heavy atom. The first-order valence-corrected chi connectivity index (χ1v) is 7.01. The molecule has 4 heteroatoms. The smallest absolute Gasteiger partial charge is 0.120 e. The molecule has 0 fully saturated rings. The Hall–Kier alpha value is -2.10. The lowest BCUT2D eigenvalue weighted by molar-refractivity contribution is 0.109. The van der Waals surface area contributed by atoms with E-state index >= 15 is 0 Å². The van der Waals surface area contributed by atoms with E-state index in [1.165, 1.54) is 0 Å². The Labute approximate surface area is 127 Å². The topological polar surface area (TPSA) is 42.4 Å². The van der Waals surface area contributed by atoms with Gasteiger partial charge in [0, 0.05) is 28.4 Å². The lowest BCUT2D eigenvalue weighted by atomic mass is 10.0. The first-order chi connectivity index (χ1) is 10.2. The number of halogens is 1. The highest BCUT2D eigenvalue weighted by Crippen LogP contribution is 2.24. The maximum atomic E-state index is 10.4. The summed E-state index contributed by atoms with van der Waals surface area (Å²) in [4.78, 5) is 4.17. The highest BCUT2D eigenvalue weighted by molar-refractivity contribution is 6.30.